The number of anilines is 1. The third-order valence-corrected chi connectivity index (χ3v) is 2.97. The Kier molecular flexibility index (Phi) is 5.51. The Morgan fingerprint density at radius 2 is 1.87 bits per heavy atom. The maximum absolute atomic E-state index is 11.9. The molecule has 0 radical (unpaired) electrons. The fraction of sp³-hybridized carbons (Fsp3) is 0.188. The number of methoxy groups -OCH3 is 1. The summed E-state index contributed by atoms with van der Waals surface area (Å²) in [6, 6.07) is 9.82. The summed E-state index contributed by atoms with van der Waals surface area (Å²) in [6.45, 7) is 0.206. The standard InChI is InChI=1S/C16H16N2O5/c1-22-16(21)12-6-2-3-7-13(12)18-15(20)9-14(19)17-10-11-5-4-8-23-11/h2-8H,9-10H2,1H3,(H,17,19)(H,18,20). The summed E-state index contributed by atoms with van der Waals surface area (Å²) < 4.78 is 9.71. The fourth-order valence-corrected chi connectivity index (χ4v) is 1.88. The number of esters is 1. The summed E-state index contributed by atoms with van der Waals surface area (Å²) >= 11 is 0. The molecule has 0 saturated heterocycles. The second-order valence-electron chi connectivity index (χ2n) is 4.62. The third-order valence-electron chi connectivity index (χ3n) is 2.97. The monoisotopic (exact) mass is 316 g/mol. The normalized spacial score (nSPS) is 9.96. The molecule has 0 atom stereocenters. The second kappa shape index (κ2) is 7.79. The van der Waals surface area contributed by atoms with Crippen LogP contribution in [0.5, 0.6) is 0 Å². The second-order valence-corrected chi connectivity index (χ2v) is 4.62. The van der Waals surface area contributed by atoms with E-state index in [4.69, 9.17) is 4.42 Å². The van der Waals surface area contributed by atoms with Crippen LogP contribution in [0.1, 0.15) is 22.5 Å². The molecule has 2 amide bonds. The van der Waals surface area contributed by atoms with E-state index in [9.17, 15) is 14.4 Å². The summed E-state index contributed by atoms with van der Waals surface area (Å²) in [4.78, 5) is 35.2. The van der Waals surface area contributed by atoms with E-state index in [1.807, 2.05) is 0 Å². The molecular weight excluding hydrogens is 300 g/mol. The Balaban J connectivity index is 1.89. The number of hydrogen-bond acceptors (Lipinski definition) is 5. The smallest absolute Gasteiger partial charge is 0.339 e. The van der Waals surface area contributed by atoms with Gasteiger partial charge in [-0.25, -0.2) is 4.79 Å². The Morgan fingerprint density at radius 1 is 1.09 bits per heavy atom. The van der Waals surface area contributed by atoms with Crippen molar-refractivity contribution in [3.05, 3.63) is 54.0 Å². The van der Waals surface area contributed by atoms with E-state index in [1.165, 1.54) is 19.4 Å². The number of carbonyl (C=O) groups is 3. The van der Waals surface area contributed by atoms with Crippen LogP contribution in [0.2, 0.25) is 0 Å². The molecule has 2 aromatic rings. The molecule has 7 heteroatoms. The number of para-hydroxylation sites is 1. The molecular formula is C16H16N2O5. The Hall–Kier alpha value is -3.09. The molecule has 0 spiro atoms. The van der Waals surface area contributed by atoms with Gasteiger partial charge in [0.25, 0.3) is 0 Å². The van der Waals surface area contributed by atoms with Crippen LogP contribution in [-0.2, 0) is 20.9 Å². The van der Waals surface area contributed by atoms with Crippen LogP contribution in [-0.4, -0.2) is 24.9 Å². The number of benzene rings is 1. The van der Waals surface area contributed by atoms with Crippen molar-refractivity contribution in [2.24, 2.45) is 0 Å². The first-order valence-corrected chi connectivity index (χ1v) is 6.86. The number of amides is 2. The average Bonchev–Trinajstić information content (AvgIpc) is 3.06. The first kappa shape index (κ1) is 16.3. The zero-order valence-corrected chi connectivity index (χ0v) is 12.5. The summed E-state index contributed by atoms with van der Waals surface area (Å²) in [6.07, 6.45) is 1.13. The SMILES string of the molecule is COC(=O)c1ccccc1NC(=O)CC(=O)NCc1ccco1. The highest BCUT2D eigenvalue weighted by Crippen LogP contribution is 2.16. The van der Waals surface area contributed by atoms with Crippen molar-refractivity contribution in [1.29, 1.82) is 0 Å². The van der Waals surface area contributed by atoms with Gasteiger partial charge in [0, 0.05) is 0 Å². The lowest BCUT2D eigenvalue weighted by atomic mass is 10.1. The largest absolute Gasteiger partial charge is 0.467 e. The molecule has 0 unspecified atom stereocenters. The predicted octanol–water partition coefficient (Wildman–Crippen LogP) is 1.71. The number of nitrogens with one attached hydrogen (secondary N) is 2. The minimum absolute atomic E-state index is 0.206. The van der Waals surface area contributed by atoms with Crippen molar-refractivity contribution < 1.29 is 23.5 Å². The van der Waals surface area contributed by atoms with Gasteiger partial charge < -0.3 is 19.8 Å². The van der Waals surface area contributed by atoms with Gasteiger partial charge in [0.05, 0.1) is 31.2 Å². The summed E-state index contributed by atoms with van der Waals surface area (Å²) in [7, 11) is 1.25. The third kappa shape index (κ3) is 4.70. The van der Waals surface area contributed by atoms with Crippen LogP contribution >= 0.6 is 0 Å². The quantitative estimate of drug-likeness (QED) is 0.624. The maximum Gasteiger partial charge on any atom is 0.339 e. The lowest BCUT2D eigenvalue weighted by Crippen LogP contribution is -2.28. The zero-order valence-electron chi connectivity index (χ0n) is 12.5. The van der Waals surface area contributed by atoms with E-state index < -0.39 is 17.8 Å². The predicted molar refractivity (Wildman–Crippen MR) is 81.6 cm³/mol. The highest BCUT2D eigenvalue weighted by Gasteiger charge is 2.15. The molecule has 0 bridgehead atoms. The van der Waals surface area contributed by atoms with Gasteiger partial charge in [0.15, 0.2) is 0 Å². The van der Waals surface area contributed by atoms with E-state index in [1.54, 1.807) is 30.3 Å². The van der Waals surface area contributed by atoms with Crippen molar-refractivity contribution >= 4 is 23.5 Å². The van der Waals surface area contributed by atoms with E-state index in [-0.39, 0.29) is 18.5 Å². The molecule has 2 N–H and O–H groups in total. The molecule has 1 aromatic carbocycles. The highest BCUT2D eigenvalue weighted by molar-refractivity contribution is 6.06. The Bertz CT molecular complexity index is 694. The fourth-order valence-electron chi connectivity index (χ4n) is 1.88. The number of carbonyl (C=O) groups excluding carboxylic acids is 3. The number of furan rings is 1. The van der Waals surface area contributed by atoms with Crippen LogP contribution in [0.25, 0.3) is 0 Å². The first-order valence-electron chi connectivity index (χ1n) is 6.86. The van der Waals surface area contributed by atoms with Crippen LogP contribution in [0.15, 0.2) is 47.1 Å². The van der Waals surface area contributed by atoms with Crippen LogP contribution < -0.4 is 10.6 Å². The zero-order chi connectivity index (χ0) is 16.7. The van der Waals surface area contributed by atoms with Gasteiger partial charge in [0.1, 0.15) is 12.2 Å². The van der Waals surface area contributed by atoms with Gasteiger partial charge in [-0.2, -0.15) is 0 Å². The Morgan fingerprint density at radius 3 is 2.57 bits per heavy atom. The molecule has 7 nitrogen and oxygen atoms in total. The van der Waals surface area contributed by atoms with E-state index >= 15 is 0 Å². The van der Waals surface area contributed by atoms with Crippen LogP contribution in [0.4, 0.5) is 5.69 Å². The maximum atomic E-state index is 11.9. The number of rotatable bonds is 6. The van der Waals surface area contributed by atoms with Gasteiger partial charge in [-0.05, 0) is 24.3 Å². The minimum Gasteiger partial charge on any atom is -0.467 e. The molecule has 0 saturated carbocycles. The van der Waals surface area contributed by atoms with Gasteiger partial charge >= 0.3 is 5.97 Å². The van der Waals surface area contributed by atoms with E-state index in [2.05, 4.69) is 15.4 Å². The molecule has 1 aromatic heterocycles. The first-order chi connectivity index (χ1) is 11.1. The molecule has 0 aliphatic carbocycles. The lowest BCUT2D eigenvalue weighted by Gasteiger charge is -2.09. The lowest BCUT2D eigenvalue weighted by molar-refractivity contribution is -0.127. The van der Waals surface area contributed by atoms with Gasteiger partial charge in [-0.15, -0.1) is 0 Å². The number of ether oxygens (including phenoxy) is 1. The van der Waals surface area contributed by atoms with Crippen molar-refractivity contribution in [2.45, 2.75) is 13.0 Å². The van der Waals surface area contributed by atoms with E-state index in [0.29, 0.717) is 11.4 Å². The van der Waals surface area contributed by atoms with Gasteiger partial charge in [0.2, 0.25) is 11.8 Å². The minimum atomic E-state index is -0.567. The molecule has 120 valence electrons. The molecule has 0 aliphatic rings. The van der Waals surface area contributed by atoms with Crippen LogP contribution in [0, 0.1) is 0 Å². The highest BCUT2D eigenvalue weighted by atomic mass is 16.5. The van der Waals surface area contributed by atoms with E-state index in [0.717, 1.165) is 0 Å². The van der Waals surface area contributed by atoms with Crippen molar-refractivity contribution in [3.63, 3.8) is 0 Å². The summed E-state index contributed by atoms with van der Waals surface area (Å²) in [5.41, 5.74) is 0.516. The summed E-state index contributed by atoms with van der Waals surface area (Å²) in [5.74, 6) is -0.953. The number of hydrogen-bond donors (Lipinski definition) is 2. The van der Waals surface area contributed by atoms with Gasteiger partial charge in [-0.1, -0.05) is 12.1 Å². The summed E-state index contributed by atoms with van der Waals surface area (Å²) in [5, 5.41) is 5.09. The molecule has 1 heterocycles. The average molecular weight is 316 g/mol. The topological polar surface area (TPSA) is 97.6 Å². The molecule has 2 rings (SSSR count). The molecule has 0 aliphatic heterocycles. The van der Waals surface area contributed by atoms with Gasteiger partial charge in [-0.3, -0.25) is 9.59 Å². The molecule has 23 heavy (non-hydrogen) atoms. The van der Waals surface area contributed by atoms with Crippen molar-refractivity contribution in [3.8, 4) is 0 Å². The molecule has 0 fully saturated rings. The van der Waals surface area contributed by atoms with Crippen molar-refractivity contribution in [2.75, 3.05) is 12.4 Å². The van der Waals surface area contributed by atoms with Crippen LogP contribution in [0.3, 0.4) is 0 Å². The Labute approximate surface area is 132 Å². The van der Waals surface area contributed by atoms with Crippen molar-refractivity contribution in [1.82, 2.24) is 5.32 Å².